The molecule has 0 atom stereocenters. The highest BCUT2D eigenvalue weighted by Gasteiger charge is 2.56. The van der Waals surface area contributed by atoms with Crippen LogP contribution in [0, 0.1) is 0 Å². The fraction of sp³-hybridized carbons (Fsp3) is 0.667. The molecule has 24 heavy (non-hydrogen) atoms. The number of alkyl halides is 3. The van der Waals surface area contributed by atoms with Gasteiger partial charge >= 0.3 is 6.18 Å². The molecule has 1 fully saturated rings. The monoisotopic (exact) mass is 345 g/mol. The van der Waals surface area contributed by atoms with Crippen LogP contribution >= 0.6 is 0 Å². The number of hydrogen-bond donors (Lipinski definition) is 1. The van der Waals surface area contributed by atoms with Gasteiger partial charge in [0.2, 0.25) is 0 Å². The van der Waals surface area contributed by atoms with Crippen molar-refractivity contribution in [2.75, 3.05) is 38.6 Å². The summed E-state index contributed by atoms with van der Waals surface area (Å²) >= 11 is 0. The molecule has 0 unspecified atom stereocenters. The van der Waals surface area contributed by atoms with Gasteiger partial charge in [0.25, 0.3) is 5.91 Å². The normalized spacial score (nSPS) is 18.2. The van der Waals surface area contributed by atoms with Crippen LogP contribution in [0.5, 0.6) is 0 Å². The topological polar surface area (TPSA) is 61.4 Å². The van der Waals surface area contributed by atoms with Gasteiger partial charge in [0, 0.05) is 27.2 Å². The lowest BCUT2D eigenvalue weighted by atomic mass is 9.86. The van der Waals surface area contributed by atoms with Gasteiger partial charge in [0.15, 0.2) is 0 Å². The Bertz CT molecular complexity index is 565. The number of carbonyl (C=O) groups is 1. The minimum Gasteiger partial charge on any atom is -0.361 e. The standard InChI is InChI=1S/C15H22F3N5O/c1-4-23-7-5-14(6-8-23,15(16,17)18)21-13(24)11-9-20-12(10-19-11)22(2)3/h9-10H,4-8H2,1-3H3,(H,21,24). The maximum Gasteiger partial charge on any atom is 0.411 e. The van der Waals surface area contributed by atoms with Crippen molar-refractivity contribution in [3.8, 4) is 0 Å². The highest BCUT2D eigenvalue weighted by molar-refractivity contribution is 5.92. The van der Waals surface area contributed by atoms with E-state index in [4.69, 9.17) is 0 Å². The molecule has 134 valence electrons. The van der Waals surface area contributed by atoms with Crippen LogP contribution in [-0.4, -0.2) is 66.2 Å². The molecule has 0 bridgehead atoms. The van der Waals surface area contributed by atoms with Crippen molar-refractivity contribution in [3.05, 3.63) is 18.1 Å². The average Bonchev–Trinajstić information content (AvgIpc) is 2.54. The van der Waals surface area contributed by atoms with E-state index < -0.39 is 17.6 Å². The van der Waals surface area contributed by atoms with Crippen molar-refractivity contribution < 1.29 is 18.0 Å². The van der Waals surface area contributed by atoms with Crippen LogP contribution in [0.2, 0.25) is 0 Å². The van der Waals surface area contributed by atoms with Gasteiger partial charge in [-0.15, -0.1) is 0 Å². The van der Waals surface area contributed by atoms with Gasteiger partial charge in [-0.1, -0.05) is 6.92 Å². The largest absolute Gasteiger partial charge is 0.411 e. The number of halogens is 3. The number of amides is 1. The number of carbonyl (C=O) groups excluding carboxylic acids is 1. The molecule has 0 spiro atoms. The molecule has 1 N–H and O–H groups in total. The molecule has 2 rings (SSSR count). The molecule has 0 aliphatic carbocycles. The third-order valence-electron chi connectivity index (χ3n) is 4.38. The van der Waals surface area contributed by atoms with E-state index in [1.54, 1.807) is 19.0 Å². The smallest absolute Gasteiger partial charge is 0.361 e. The molecular weight excluding hydrogens is 323 g/mol. The molecule has 1 aromatic heterocycles. The zero-order chi connectivity index (χ0) is 18.0. The molecule has 1 saturated heterocycles. The number of anilines is 1. The van der Waals surface area contributed by atoms with E-state index in [1.807, 2.05) is 11.8 Å². The summed E-state index contributed by atoms with van der Waals surface area (Å²) in [5.41, 5.74) is -2.33. The van der Waals surface area contributed by atoms with E-state index >= 15 is 0 Å². The average molecular weight is 345 g/mol. The van der Waals surface area contributed by atoms with E-state index in [2.05, 4.69) is 15.3 Å². The first-order chi connectivity index (χ1) is 11.2. The minimum atomic E-state index is -4.51. The first-order valence-electron chi connectivity index (χ1n) is 7.79. The number of piperidine rings is 1. The fourth-order valence-corrected chi connectivity index (χ4v) is 2.68. The second-order valence-electron chi connectivity index (χ2n) is 6.12. The molecule has 1 amide bonds. The third kappa shape index (κ3) is 3.77. The van der Waals surface area contributed by atoms with E-state index in [9.17, 15) is 18.0 Å². The summed E-state index contributed by atoms with van der Waals surface area (Å²) < 4.78 is 40.8. The van der Waals surface area contributed by atoms with E-state index in [1.165, 1.54) is 12.4 Å². The zero-order valence-electron chi connectivity index (χ0n) is 14.0. The highest BCUT2D eigenvalue weighted by Crippen LogP contribution is 2.38. The van der Waals surface area contributed by atoms with Crippen molar-refractivity contribution in [3.63, 3.8) is 0 Å². The van der Waals surface area contributed by atoms with Gasteiger partial charge < -0.3 is 15.1 Å². The zero-order valence-corrected chi connectivity index (χ0v) is 14.0. The van der Waals surface area contributed by atoms with Gasteiger partial charge in [0.05, 0.1) is 12.4 Å². The fourth-order valence-electron chi connectivity index (χ4n) is 2.68. The number of nitrogens with zero attached hydrogens (tertiary/aromatic N) is 4. The molecule has 0 radical (unpaired) electrons. The molecule has 1 aliphatic rings. The van der Waals surface area contributed by atoms with Crippen molar-refractivity contribution in [1.29, 1.82) is 0 Å². The first-order valence-corrected chi connectivity index (χ1v) is 7.79. The summed E-state index contributed by atoms with van der Waals surface area (Å²) in [4.78, 5) is 23.8. The lowest BCUT2D eigenvalue weighted by Crippen LogP contribution is -2.63. The Balaban J connectivity index is 2.16. The van der Waals surface area contributed by atoms with Crippen LogP contribution in [-0.2, 0) is 0 Å². The Hall–Kier alpha value is -1.90. The van der Waals surface area contributed by atoms with Crippen LogP contribution in [0.3, 0.4) is 0 Å². The molecule has 0 aromatic carbocycles. The van der Waals surface area contributed by atoms with E-state index in [-0.39, 0.29) is 18.5 Å². The third-order valence-corrected chi connectivity index (χ3v) is 4.38. The number of likely N-dealkylation sites (tertiary alicyclic amines) is 1. The Kier molecular flexibility index (Phi) is 5.32. The number of hydrogen-bond acceptors (Lipinski definition) is 5. The Morgan fingerprint density at radius 2 is 1.92 bits per heavy atom. The second-order valence-corrected chi connectivity index (χ2v) is 6.12. The molecule has 6 nitrogen and oxygen atoms in total. The minimum absolute atomic E-state index is 0.123. The molecule has 0 saturated carbocycles. The Morgan fingerprint density at radius 3 is 2.33 bits per heavy atom. The van der Waals surface area contributed by atoms with Crippen molar-refractivity contribution in [2.45, 2.75) is 31.5 Å². The van der Waals surface area contributed by atoms with Crippen molar-refractivity contribution in [2.24, 2.45) is 0 Å². The Labute approximate surface area is 139 Å². The van der Waals surface area contributed by atoms with Crippen molar-refractivity contribution >= 4 is 11.7 Å². The summed E-state index contributed by atoms with van der Waals surface area (Å²) in [6, 6.07) is 0. The van der Waals surface area contributed by atoms with Crippen LogP contribution in [0.4, 0.5) is 19.0 Å². The highest BCUT2D eigenvalue weighted by atomic mass is 19.4. The SMILES string of the molecule is CCN1CCC(NC(=O)c2cnc(N(C)C)cn2)(C(F)(F)F)CC1. The maximum absolute atomic E-state index is 13.6. The second kappa shape index (κ2) is 6.92. The predicted molar refractivity (Wildman–Crippen MR) is 84.0 cm³/mol. The summed E-state index contributed by atoms with van der Waals surface area (Å²) in [6.45, 7) is 3.18. The number of rotatable bonds is 4. The van der Waals surface area contributed by atoms with Gasteiger partial charge in [-0.2, -0.15) is 13.2 Å². The van der Waals surface area contributed by atoms with Gasteiger partial charge in [-0.3, -0.25) is 4.79 Å². The van der Waals surface area contributed by atoms with Crippen molar-refractivity contribution in [1.82, 2.24) is 20.2 Å². The van der Waals surface area contributed by atoms with Crippen LogP contribution in [0.25, 0.3) is 0 Å². The van der Waals surface area contributed by atoms with E-state index in [0.29, 0.717) is 25.5 Å². The predicted octanol–water partition coefficient (Wildman–Crippen LogP) is 1.69. The number of nitrogens with one attached hydrogen (secondary N) is 1. The lowest BCUT2D eigenvalue weighted by Gasteiger charge is -2.42. The summed E-state index contributed by atoms with van der Waals surface area (Å²) in [5, 5.41) is 2.18. The molecule has 1 aliphatic heterocycles. The summed E-state index contributed by atoms with van der Waals surface area (Å²) in [6.07, 6.45) is -2.30. The molecule has 1 aromatic rings. The van der Waals surface area contributed by atoms with Gasteiger partial charge in [0.1, 0.15) is 17.1 Å². The lowest BCUT2D eigenvalue weighted by molar-refractivity contribution is -0.205. The maximum atomic E-state index is 13.6. The van der Waals surface area contributed by atoms with Crippen LogP contribution < -0.4 is 10.2 Å². The van der Waals surface area contributed by atoms with Gasteiger partial charge in [-0.25, -0.2) is 9.97 Å². The molecule has 2 heterocycles. The quantitative estimate of drug-likeness (QED) is 0.900. The van der Waals surface area contributed by atoms with Crippen LogP contribution in [0.15, 0.2) is 12.4 Å². The summed E-state index contributed by atoms with van der Waals surface area (Å²) in [7, 11) is 3.51. The summed E-state index contributed by atoms with van der Waals surface area (Å²) in [5.74, 6) is -0.330. The van der Waals surface area contributed by atoms with Gasteiger partial charge in [-0.05, 0) is 19.4 Å². The van der Waals surface area contributed by atoms with Crippen LogP contribution in [0.1, 0.15) is 30.3 Å². The molecule has 9 heteroatoms. The van der Waals surface area contributed by atoms with E-state index in [0.717, 1.165) is 0 Å². The first kappa shape index (κ1) is 18.4. The molecular formula is C15H22F3N5O. The number of aromatic nitrogens is 2. The Morgan fingerprint density at radius 1 is 1.29 bits per heavy atom.